The molecular formula is C15H25NO3. The first-order chi connectivity index (χ1) is 8.74. The molecule has 0 aliphatic carbocycles. The number of likely N-dealkylation sites (tertiary alicyclic amines) is 1. The van der Waals surface area contributed by atoms with E-state index in [9.17, 15) is 9.59 Å². The Morgan fingerprint density at radius 1 is 1.32 bits per heavy atom. The summed E-state index contributed by atoms with van der Waals surface area (Å²) in [6, 6.07) is 0. The second-order valence-electron chi connectivity index (χ2n) is 6.20. The second kappa shape index (κ2) is 6.22. The van der Waals surface area contributed by atoms with E-state index >= 15 is 0 Å². The highest BCUT2D eigenvalue weighted by Gasteiger charge is 2.34. The van der Waals surface area contributed by atoms with Gasteiger partial charge >= 0.3 is 6.09 Å². The monoisotopic (exact) mass is 267 g/mol. The van der Waals surface area contributed by atoms with Crippen LogP contribution in [0.15, 0.2) is 12.2 Å². The molecule has 19 heavy (non-hydrogen) atoms. The molecule has 0 saturated carbocycles. The fraction of sp³-hybridized carbons (Fsp3) is 0.733. The lowest BCUT2D eigenvalue weighted by molar-refractivity contribution is -0.121. The van der Waals surface area contributed by atoms with E-state index in [4.69, 9.17) is 4.74 Å². The molecule has 108 valence electrons. The summed E-state index contributed by atoms with van der Waals surface area (Å²) < 4.78 is 5.36. The predicted molar refractivity (Wildman–Crippen MR) is 74.9 cm³/mol. The van der Waals surface area contributed by atoms with Crippen molar-refractivity contribution in [2.75, 3.05) is 13.1 Å². The van der Waals surface area contributed by atoms with Crippen LogP contribution in [-0.2, 0) is 9.53 Å². The number of nitrogens with zero attached hydrogens (tertiary/aromatic N) is 1. The van der Waals surface area contributed by atoms with Crippen LogP contribution in [0.25, 0.3) is 0 Å². The number of ether oxygens (including phenoxy) is 1. The Bertz CT molecular complexity index is 368. The second-order valence-corrected chi connectivity index (χ2v) is 6.20. The fourth-order valence-electron chi connectivity index (χ4n) is 2.22. The Balaban J connectivity index is 2.69. The van der Waals surface area contributed by atoms with Gasteiger partial charge in [-0.2, -0.15) is 0 Å². The summed E-state index contributed by atoms with van der Waals surface area (Å²) in [6.07, 6.45) is 3.87. The van der Waals surface area contributed by atoms with Crippen LogP contribution in [0.3, 0.4) is 0 Å². The highest BCUT2D eigenvalue weighted by molar-refractivity contribution is 5.92. The van der Waals surface area contributed by atoms with Crippen molar-refractivity contribution in [1.29, 1.82) is 0 Å². The number of amides is 1. The zero-order chi connectivity index (χ0) is 14.6. The van der Waals surface area contributed by atoms with Crippen LogP contribution in [0, 0.1) is 11.8 Å². The van der Waals surface area contributed by atoms with E-state index in [0.29, 0.717) is 19.0 Å². The molecule has 2 atom stereocenters. The summed E-state index contributed by atoms with van der Waals surface area (Å²) in [5, 5.41) is 0. The summed E-state index contributed by atoms with van der Waals surface area (Å²) >= 11 is 0. The van der Waals surface area contributed by atoms with Crippen LogP contribution in [0.1, 0.15) is 41.0 Å². The van der Waals surface area contributed by atoms with Crippen molar-refractivity contribution < 1.29 is 14.3 Å². The van der Waals surface area contributed by atoms with E-state index in [2.05, 4.69) is 6.92 Å². The van der Waals surface area contributed by atoms with Crippen molar-refractivity contribution in [2.24, 2.45) is 11.8 Å². The lowest BCUT2D eigenvalue weighted by Gasteiger charge is -2.36. The Morgan fingerprint density at radius 2 is 1.95 bits per heavy atom. The van der Waals surface area contributed by atoms with Crippen LogP contribution in [0.2, 0.25) is 0 Å². The lowest BCUT2D eigenvalue weighted by atomic mass is 9.84. The van der Waals surface area contributed by atoms with Crippen LogP contribution >= 0.6 is 0 Å². The van der Waals surface area contributed by atoms with E-state index in [1.54, 1.807) is 17.1 Å². The Labute approximate surface area is 115 Å². The fourth-order valence-corrected chi connectivity index (χ4v) is 2.22. The minimum Gasteiger partial charge on any atom is -0.444 e. The normalized spacial score (nSPS) is 24.6. The molecule has 1 amide bonds. The number of piperidine rings is 1. The molecule has 0 bridgehead atoms. The average molecular weight is 267 g/mol. The average Bonchev–Trinajstić information content (AvgIpc) is 2.27. The third kappa shape index (κ3) is 4.69. The van der Waals surface area contributed by atoms with Gasteiger partial charge in [0.05, 0.1) is 0 Å². The van der Waals surface area contributed by atoms with Crippen molar-refractivity contribution in [3.05, 3.63) is 12.2 Å². The van der Waals surface area contributed by atoms with Gasteiger partial charge in [0, 0.05) is 19.0 Å². The standard InChI is InChI=1S/C15H25NO3/c1-6-7-13(17)12-10-16(9-8-11(12)2)14(18)19-15(3,4)5/h6-7,11-12H,8-10H2,1-5H3/b7-6-. The summed E-state index contributed by atoms with van der Waals surface area (Å²) in [5.74, 6) is 0.295. The Hall–Kier alpha value is -1.32. The highest BCUT2D eigenvalue weighted by atomic mass is 16.6. The van der Waals surface area contributed by atoms with Gasteiger partial charge < -0.3 is 9.64 Å². The van der Waals surface area contributed by atoms with Gasteiger partial charge in [-0.15, -0.1) is 0 Å². The number of allylic oxidation sites excluding steroid dienone is 2. The topological polar surface area (TPSA) is 46.6 Å². The molecule has 4 heteroatoms. The molecule has 0 aromatic carbocycles. The van der Waals surface area contributed by atoms with E-state index in [1.807, 2.05) is 27.7 Å². The van der Waals surface area contributed by atoms with Gasteiger partial charge in [-0.05, 0) is 46.1 Å². The Morgan fingerprint density at radius 3 is 2.47 bits per heavy atom. The van der Waals surface area contributed by atoms with Crippen molar-refractivity contribution in [3.8, 4) is 0 Å². The first-order valence-electron chi connectivity index (χ1n) is 6.89. The molecular weight excluding hydrogens is 242 g/mol. The molecule has 1 saturated heterocycles. The molecule has 0 aromatic heterocycles. The van der Waals surface area contributed by atoms with Gasteiger partial charge in [0.25, 0.3) is 0 Å². The molecule has 1 rings (SSSR count). The molecule has 1 heterocycles. The molecule has 4 nitrogen and oxygen atoms in total. The third-order valence-corrected chi connectivity index (χ3v) is 3.31. The smallest absolute Gasteiger partial charge is 0.410 e. The lowest BCUT2D eigenvalue weighted by Crippen LogP contribution is -2.47. The third-order valence-electron chi connectivity index (χ3n) is 3.31. The maximum absolute atomic E-state index is 12.0. The highest BCUT2D eigenvalue weighted by Crippen LogP contribution is 2.25. The molecule has 2 unspecified atom stereocenters. The van der Waals surface area contributed by atoms with Gasteiger partial charge in [-0.25, -0.2) is 4.79 Å². The van der Waals surface area contributed by atoms with E-state index in [1.165, 1.54) is 0 Å². The summed E-state index contributed by atoms with van der Waals surface area (Å²) in [6.45, 7) is 10.6. The maximum atomic E-state index is 12.0. The van der Waals surface area contributed by atoms with E-state index in [0.717, 1.165) is 6.42 Å². The minimum absolute atomic E-state index is 0.100. The number of hydrogen-bond donors (Lipinski definition) is 0. The van der Waals surface area contributed by atoms with Gasteiger partial charge in [-0.3, -0.25) is 4.79 Å². The number of carbonyl (C=O) groups is 2. The SMILES string of the molecule is C/C=C\C(=O)C1CN(C(=O)OC(C)(C)C)CCC1C. The molecule has 1 aliphatic rings. The predicted octanol–water partition coefficient (Wildman–Crippen LogP) is 3.02. The molecule has 0 N–H and O–H groups in total. The van der Waals surface area contributed by atoms with Crippen molar-refractivity contribution in [3.63, 3.8) is 0 Å². The maximum Gasteiger partial charge on any atom is 0.410 e. The van der Waals surface area contributed by atoms with Gasteiger partial charge in [0.15, 0.2) is 5.78 Å². The van der Waals surface area contributed by atoms with Crippen LogP contribution in [-0.4, -0.2) is 35.5 Å². The summed E-state index contributed by atoms with van der Waals surface area (Å²) in [7, 11) is 0. The quantitative estimate of drug-likeness (QED) is 0.722. The van der Waals surface area contributed by atoms with Crippen molar-refractivity contribution in [2.45, 2.75) is 46.6 Å². The van der Waals surface area contributed by atoms with Gasteiger partial charge in [0.2, 0.25) is 0 Å². The molecule has 1 aliphatic heterocycles. The van der Waals surface area contributed by atoms with Gasteiger partial charge in [-0.1, -0.05) is 13.0 Å². The number of rotatable bonds is 2. The van der Waals surface area contributed by atoms with Crippen LogP contribution in [0.4, 0.5) is 4.79 Å². The molecule has 1 fully saturated rings. The van der Waals surface area contributed by atoms with Crippen molar-refractivity contribution in [1.82, 2.24) is 4.90 Å². The van der Waals surface area contributed by atoms with Gasteiger partial charge in [0.1, 0.15) is 5.60 Å². The zero-order valence-corrected chi connectivity index (χ0v) is 12.6. The molecule has 0 spiro atoms. The van der Waals surface area contributed by atoms with E-state index in [-0.39, 0.29) is 17.8 Å². The number of ketones is 1. The first-order valence-corrected chi connectivity index (χ1v) is 6.89. The molecule has 0 aromatic rings. The number of carbonyl (C=O) groups excluding carboxylic acids is 2. The summed E-state index contributed by atoms with van der Waals surface area (Å²) in [5.41, 5.74) is -0.497. The number of hydrogen-bond acceptors (Lipinski definition) is 3. The van der Waals surface area contributed by atoms with Crippen LogP contribution < -0.4 is 0 Å². The summed E-state index contributed by atoms with van der Waals surface area (Å²) in [4.78, 5) is 25.7. The largest absolute Gasteiger partial charge is 0.444 e. The Kier molecular flexibility index (Phi) is 5.15. The minimum atomic E-state index is -0.497. The zero-order valence-electron chi connectivity index (χ0n) is 12.6. The molecule has 0 radical (unpaired) electrons. The first kappa shape index (κ1) is 15.7. The van der Waals surface area contributed by atoms with Crippen molar-refractivity contribution >= 4 is 11.9 Å². The van der Waals surface area contributed by atoms with Crippen LogP contribution in [0.5, 0.6) is 0 Å². The van der Waals surface area contributed by atoms with E-state index < -0.39 is 5.60 Å².